The second-order valence-corrected chi connectivity index (χ2v) is 4.71. The third-order valence-electron chi connectivity index (χ3n) is 2.71. The number of hydrogen-bond donors (Lipinski definition) is 2. The lowest BCUT2D eigenvalue weighted by Crippen LogP contribution is -2.29. The molecule has 0 radical (unpaired) electrons. The van der Waals surface area contributed by atoms with Crippen LogP contribution < -0.4 is 11.1 Å². The van der Waals surface area contributed by atoms with Gasteiger partial charge in [0.1, 0.15) is 23.5 Å². The molecule has 1 unspecified atom stereocenters. The van der Waals surface area contributed by atoms with Crippen molar-refractivity contribution < 1.29 is 9.53 Å². The fourth-order valence-electron chi connectivity index (χ4n) is 1.48. The minimum absolute atomic E-state index is 0.168. The average Bonchev–Trinajstić information content (AvgIpc) is 2.34. The number of carbonyl (C=O) groups is 1. The Kier molecular flexibility index (Phi) is 5.09. The van der Waals surface area contributed by atoms with Crippen LogP contribution in [0, 0.1) is 6.92 Å². The van der Waals surface area contributed by atoms with E-state index in [1.165, 1.54) is 0 Å². The van der Waals surface area contributed by atoms with Crippen LogP contribution in [-0.4, -0.2) is 28.6 Å². The van der Waals surface area contributed by atoms with E-state index < -0.39 is 6.04 Å². The van der Waals surface area contributed by atoms with E-state index in [0.29, 0.717) is 24.1 Å². The number of anilines is 2. The van der Waals surface area contributed by atoms with Crippen molar-refractivity contribution in [2.75, 3.05) is 17.7 Å². The molecule has 0 spiro atoms. The first-order chi connectivity index (χ1) is 8.86. The molecule has 0 aliphatic rings. The van der Waals surface area contributed by atoms with Crippen LogP contribution in [0.25, 0.3) is 0 Å². The van der Waals surface area contributed by atoms with Crippen molar-refractivity contribution in [1.29, 1.82) is 0 Å². The second kappa shape index (κ2) is 6.36. The number of rotatable bonds is 5. The van der Waals surface area contributed by atoms with Crippen LogP contribution in [0.1, 0.15) is 45.0 Å². The molecule has 0 bridgehead atoms. The van der Waals surface area contributed by atoms with Gasteiger partial charge < -0.3 is 15.8 Å². The van der Waals surface area contributed by atoms with Crippen LogP contribution in [0.2, 0.25) is 0 Å². The minimum atomic E-state index is -0.479. The Morgan fingerprint density at radius 2 is 2.00 bits per heavy atom. The molecule has 0 saturated carbocycles. The molecule has 6 nitrogen and oxygen atoms in total. The molecule has 0 aromatic carbocycles. The van der Waals surface area contributed by atoms with Gasteiger partial charge in [0.15, 0.2) is 0 Å². The second-order valence-electron chi connectivity index (χ2n) is 4.71. The number of carbonyl (C=O) groups excluding carboxylic acids is 1. The highest BCUT2D eigenvalue weighted by Crippen LogP contribution is 2.21. The maximum absolute atomic E-state index is 11.6. The number of aromatic nitrogens is 2. The molecule has 1 heterocycles. The zero-order valence-electron chi connectivity index (χ0n) is 12.2. The number of nitrogens with two attached hydrogens (primary N) is 1. The van der Waals surface area contributed by atoms with Crippen molar-refractivity contribution in [2.45, 2.75) is 46.6 Å². The molecule has 0 aliphatic heterocycles. The van der Waals surface area contributed by atoms with E-state index in [-0.39, 0.29) is 11.9 Å². The third-order valence-corrected chi connectivity index (χ3v) is 2.71. The molecule has 1 rings (SSSR count). The van der Waals surface area contributed by atoms with Crippen molar-refractivity contribution in [3.05, 3.63) is 11.4 Å². The van der Waals surface area contributed by atoms with Crippen molar-refractivity contribution >= 4 is 17.6 Å². The molecule has 1 atom stereocenters. The first-order valence-electron chi connectivity index (χ1n) is 6.44. The Balaban J connectivity index is 2.97. The van der Waals surface area contributed by atoms with E-state index in [1.807, 2.05) is 20.8 Å². The summed E-state index contributed by atoms with van der Waals surface area (Å²) in [6.45, 7) is 9.65. The van der Waals surface area contributed by atoms with Crippen molar-refractivity contribution in [1.82, 2.24) is 9.97 Å². The van der Waals surface area contributed by atoms with Gasteiger partial charge in [-0.1, -0.05) is 13.8 Å². The molecule has 19 heavy (non-hydrogen) atoms. The van der Waals surface area contributed by atoms with Gasteiger partial charge in [-0.05, 0) is 20.8 Å². The number of nitrogens with one attached hydrogen (secondary N) is 1. The lowest BCUT2D eigenvalue weighted by Gasteiger charge is -2.17. The summed E-state index contributed by atoms with van der Waals surface area (Å²) in [7, 11) is 0. The quantitative estimate of drug-likeness (QED) is 0.790. The zero-order chi connectivity index (χ0) is 14.6. The lowest BCUT2D eigenvalue weighted by molar-refractivity contribution is -0.143. The molecular weight excluding hydrogens is 244 g/mol. The standard InChI is InChI=1S/C13H22N4O2/c1-6-19-13(18)9(5)15-12-8(4)10(14)16-11(17-12)7(2)3/h7,9H,6H2,1-5H3,(H3,14,15,16,17). The molecule has 6 heteroatoms. The number of hydrogen-bond acceptors (Lipinski definition) is 6. The summed E-state index contributed by atoms with van der Waals surface area (Å²) < 4.78 is 4.95. The summed E-state index contributed by atoms with van der Waals surface area (Å²) in [5.41, 5.74) is 6.60. The monoisotopic (exact) mass is 266 g/mol. The normalized spacial score (nSPS) is 12.3. The highest BCUT2D eigenvalue weighted by molar-refractivity contribution is 5.79. The highest BCUT2D eigenvalue weighted by Gasteiger charge is 2.17. The van der Waals surface area contributed by atoms with Gasteiger partial charge in [0.05, 0.1) is 6.61 Å². The highest BCUT2D eigenvalue weighted by atomic mass is 16.5. The average molecular weight is 266 g/mol. The first-order valence-corrected chi connectivity index (χ1v) is 6.44. The number of ether oxygens (including phenoxy) is 1. The molecule has 3 N–H and O–H groups in total. The van der Waals surface area contributed by atoms with E-state index >= 15 is 0 Å². The van der Waals surface area contributed by atoms with Crippen molar-refractivity contribution in [3.8, 4) is 0 Å². The summed E-state index contributed by atoms with van der Waals surface area (Å²) in [5.74, 6) is 1.52. The molecule has 0 aliphatic carbocycles. The van der Waals surface area contributed by atoms with Gasteiger partial charge in [-0.25, -0.2) is 14.8 Å². The SMILES string of the molecule is CCOC(=O)C(C)Nc1nc(C(C)C)nc(N)c1C. The van der Waals surface area contributed by atoms with Gasteiger partial charge in [0.25, 0.3) is 0 Å². The Bertz CT molecular complexity index is 460. The van der Waals surface area contributed by atoms with Crippen LogP contribution in [0.4, 0.5) is 11.6 Å². The van der Waals surface area contributed by atoms with E-state index in [9.17, 15) is 4.79 Å². The molecular formula is C13H22N4O2. The van der Waals surface area contributed by atoms with Gasteiger partial charge in [-0.3, -0.25) is 0 Å². The van der Waals surface area contributed by atoms with E-state index in [4.69, 9.17) is 10.5 Å². The van der Waals surface area contributed by atoms with Crippen molar-refractivity contribution in [2.24, 2.45) is 0 Å². The smallest absolute Gasteiger partial charge is 0.328 e. The van der Waals surface area contributed by atoms with E-state index in [2.05, 4.69) is 15.3 Å². The summed E-state index contributed by atoms with van der Waals surface area (Å²) in [5, 5.41) is 3.03. The zero-order valence-corrected chi connectivity index (χ0v) is 12.2. The third kappa shape index (κ3) is 3.81. The van der Waals surface area contributed by atoms with Crippen molar-refractivity contribution in [3.63, 3.8) is 0 Å². The van der Waals surface area contributed by atoms with E-state index in [1.54, 1.807) is 13.8 Å². The number of esters is 1. The van der Waals surface area contributed by atoms with Gasteiger partial charge in [-0.15, -0.1) is 0 Å². The Hall–Kier alpha value is -1.85. The molecule has 0 amide bonds. The Morgan fingerprint density at radius 1 is 1.37 bits per heavy atom. The molecule has 0 saturated heterocycles. The molecule has 1 aromatic rings. The van der Waals surface area contributed by atoms with Gasteiger partial charge in [-0.2, -0.15) is 0 Å². The van der Waals surface area contributed by atoms with Gasteiger partial charge in [0.2, 0.25) is 0 Å². The first kappa shape index (κ1) is 15.2. The maximum atomic E-state index is 11.6. The largest absolute Gasteiger partial charge is 0.464 e. The summed E-state index contributed by atoms with van der Waals surface area (Å²) in [4.78, 5) is 20.2. The Morgan fingerprint density at radius 3 is 2.53 bits per heavy atom. The summed E-state index contributed by atoms with van der Waals surface area (Å²) in [6, 6.07) is -0.479. The van der Waals surface area contributed by atoms with Crippen LogP contribution in [0.15, 0.2) is 0 Å². The number of nitrogen functional groups attached to an aromatic ring is 1. The van der Waals surface area contributed by atoms with Gasteiger partial charge >= 0.3 is 5.97 Å². The summed E-state index contributed by atoms with van der Waals surface area (Å²) in [6.07, 6.45) is 0. The molecule has 1 aromatic heterocycles. The van der Waals surface area contributed by atoms with Crippen LogP contribution in [0.3, 0.4) is 0 Å². The fraction of sp³-hybridized carbons (Fsp3) is 0.615. The van der Waals surface area contributed by atoms with Gasteiger partial charge in [0, 0.05) is 11.5 Å². The molecule has 106 valence electrons. The van der Waals surface area contributed by atoms with Crippen LogP contribution in [-0.2, 0) is 9.53 Å². The summed E-state index contributed by atoms with van der Waals surface area (Å²) >= 11 is 0. The van der Waals surface area contributed by atoms with E-state index in [0.717, 1.165) is 5.56 Å². The predicted octanol–water partition coefficient (Wildman–Crippen LogP) is 1.85. The molecule has 0 fully saturated rings. The minimum Gasteiger partial charge on any atom is -0.464 e. The Labute approximate surface area is 113 Å². The lowest BCUT2D eigenvalue weighted by atomic mass is 10.2. The maximum Gasteiger partial charge on any atom is 0.328 e. The fourth-order valence-corrected chi connectivity index (χ4v) is 1.48. The predicted molar refractivity (Wildman–Crippen MR) is 75.0 cm³/mol. The topological polar surface area (TPSA) is 90.1 Å². The van der Waals surface area contributed by atoms with Crippen LogP contribution in [0.5, 0.6) is 0 Å². The number of nitrogens with zero attached hydrogens (tertiary/aromatic N) is 2. The van der Waals surface area contributed by atoms with Crippen LogP contribution >= 0.6 is 0 Å².